The van der Waals surface area contributed by atoms with E-state index in [2.05, 4.69) is 63.7 Å². The zero-order valence-corrected chi connectivity index (χ0v) is 18.3. The Balaban J connectivity index is 1.35. The normalized spacial score (nSPS) is 19.6. The first-order valence-corrected chi connectivity index (χ1v) is 11.2. The molecule has 164 valence electrons. The second kappa shape index (κ2) is 8.43. The number of nitrogens with one attached hydrogen (secondary N) is 2. The molecule has 0 bridgehead atoms. The first kappa shape index (κ1) is 20.2. The quantitative estimate of drug-likeness (QED) is 0.656. The third kappa shape index (κ3) is 4.36. The van der Waals surface area contributed by atoms with E-state index in [-0.39, 0.29) is 5.54 Å². The molecule has 0 atom stereocenters. The van der Waals surface area contributed by atoms with E-state index in [0.717, 1.165) is 68.5 Å². The van der Waals surface area contributed by atoms with Crippen molar-refractivity contribution < 1.29 is 4.74 Å². The van der Waals surface area contributed by atoms with Crippen molar-refractivity contribution in [3.63, 3.8) is 0 Å². The Bertz CT molecular complexity index is 1040. The first-order chi connectivity index (χ1) is 15.1. The maximum Gasteiger partial charge on any atom is 0.154 e. The largest absolute Gasteiger partial charge is 0.381 e. The summed E-state index contributed by atoms with van der Waals surface area (Å²) in [7, 11) is 0. The highest BCUT2D eigenvalue weighted by atomic mass is 16.5. The summed E-state index contributed by atoms with van der Waals surface area (Å²) in [5.41, 5.74) is 3.46. The number of hydrogen-bond acceptors (Lipinski definition) is 7. The second-order valence-corrected chi connectivity index (χ2v) is 9.13. The van der Waals surface area contributed by atoms with Crippen LogP contribution in [0.1, 0.15) is 43.9 Å². The zero-order chi connectivity index (χ0) is 21.3. The lowest BCUT2D eigenvalue weighted by Gasteiger charge is -2.39. The minimum absolute atomic E-state index is 0.0936. The number of piperazine rings is 1. The van der Waals surface area contributed by atoms with Crippen molar-refractivity contribution >= 4 is 17.2 Å². The molecule has 0 spiro atoms. The van der Waals surface area contributed by atoms with Crippen molar-refractivity contribution in [1.82, 2.24) is 24.9 Å². The third-order valence-electron chi connectivity index (χ3n) is 6.27. The minimum Gasteiger partial charge on any atom is -0.381 e. The Hall–Kier alpha value is -2.71. The van der Waals surface area contributed by atoms with Gasteiger partial charge in [0.05, 0.1) is 12.2 Å². The number of aromatic nitrogens is 4. The van der Waals surface area contributed by atoms with E-state index < -0.39 is 0 Å². The molecule has 0 aliphatic carbocycles. The summed E-state index contributed by atoms with van der Waals surface area (Å²) < 4.78 is 7.47. The Morgan fingerprint density at radius 2 is 2.10 bits per heavy atom. The zero-order valence-electron chi connectivity index (χ0n) is 18.3. The van der Waals surface area contributed by atoms with Gasteiger partial charge in [-0.2, -0.15) is 5.10 Å². The summed E-state index contributed by atoms with van der Waals surface area (Å²) in [6.45, 7) is 9.61. The molecule has 3 aromatic rings. The Kier molecular flexibility index (Phi) is 5.50. The van der Waals surface area contributed by atoms with E-state index in [4.69, 9.17) is 9.72 Å². The maximum absolute atomic E-state index is 5.55. The van der Waals surface area contributed by atoms with E-state index >= 15 is 0 Å². The molecule has 31 heavy (non-hydrogen) atoms. The Morgan fingerprint density at radius 1 is 1.23 bits per heavy atom. The molecule has 5 heterocycles. The predicted octanol–water partition coefficient (Wildman–Crippen LogP) is 2.82. The molecular weight excluding hydrogens is 390 g/mol. The van der Waals surface area contributed by atoms with Crippen molar-refractivity contribution in [3.8, 4) is 0 Å². The number of hydrogen-bond donors (Lipinski definition) is 2. The molecule has 0 aromatic carbocycles. The van der Waals surface area contributed by atoms with Crippen molar-refractivity contribution in [1.29, 1.82) is 0 Å². The Labute approximate surface area is 183 Å². The molecule has 2 saturated heterocycles. The van der Waals surface area contributed by atoms with Crippen LogP contribution < -0.4 is 15.5 Å². The monoisotopic (exact) mass is 421 g/mol. The standard InChI is InChI=1S/C23H31N7O/c1-23(2)15-29(11-9-26-23)20-5-3-4-18(28-20)14-24-22-21-19(17-7-12-31-13-8-17)6-10-30(21)27-16-25-22/h3-6,10,16-17,26H,7-9,11-15H2,1-2H3,(H,24,25,27). The van der Waals surface area contributed by atoms with Crippen molar-refractivity contribution in [3.05, 3.63) is 48.0 Å². The fourth-order valence-corrected chi connectivity index (χ4v) is 4.70. The number of nitrogens with zero attached hydrogens (tertiary/aromatic N) is 5. The van der Waals surface area contributed by atoms with Gasteiger partial charge in [-0.25, -0.2) is 14.5 Å². The summed E-state index contributed by atoms with van der Waals surface area (Å²) >= 11 is 0. The molecule has 0 unspecified atom stereocenters. The van der Waals surface area contributed by atoms with Gasteiger partial charge in [-0.1, -0.05) is 6.07 Å². The van der Waals surface area contributed by atoms with Crippen LogP contribution in [0.3, 0.4) is 0 Å². The van der Waals surface area contributed by atoms with E-state index in [1.165, 1.54) is 5.56 Å². The van der Waals surface area contributed by atoms with Gasteiger partial charge in [0.2, 0.25) is 0 Å². The van der Waals surface area contributed by atoms with Crippen LogP contribution in [0.25, 0.3) is 5.52 Å². The van der Waals surface area contributed by atoms with Crippen molar-refractivity contribution in [2.45, 2.75) is 44.7 Å². The molecule has 2 fully saturated rings. The van der Waals surface area contributed by atoms with Gasteiger partial charge in [0, 0.05) is 44.6 Å². The van der Waals surface area contributed by atoms with E-state index in [0.29, 0.717) is 12.5 Å². The number of rotatable bonds is 5. The van der Waals surface area contributed by atoms with Crippen LogP contribution in [0.5, 0.6) is 0 Å². The molecule has 2 aliphatic rings. The highest BCUT2D eigenvalue weighted by molar-refractivity contribution is 5.73. The molecule has 3 aromatic heterocycles. The molecule has 0 amide bonds. The number of ether oxygens (including phenoxy) is 1. The van der Waals surface area contributed by atoms with Crippen LogP contribution in [-0.2, 0) is 11.3 Å². The molecule has 8 nitrogen and oxygen atoms in total. The van der Waals surface area contributed by atoms with Crippen LogP contribution in [0, 0.1) is 0 Å². The first-order valence-electron chi connectivity index (χ1n) is 11.2. The molecule has 0 radical (unpaired) electrons. The van der Waals surface area contributed by atoms with Gasteiger partial charge in [-0.15, -0.1) is 0 Å². The van der Waals surface area contributed by atoms with E-state index in [9.17, 15) is 0 Å². The molecular formula is C23H31N7O. The van der Waals surface area contributed by atoms with Gasteiger partial charge in [-0.05, 0) is 56.4 Å². The van der Waals surface area contributed by atoms with E-state index in [1.54, 1.807) is 6.33 Å². The third-order valence-corrected chi connectivity index (χ3v) is 6.27. The van der Waals surface area contributed by atoms with Crippen LogP contribution in [0.4, 0.5) is 11.6 Å². The topological polar surface area (TPSA) is 79.6 Å². The highest BCUT2D eigenvalue weighted by Crippen LogP contribution is 2.33. The van der Waals surface area contributed by atoms with Gasteiger partial charge >= 0.3 is 0 Å². The average Bonchev–Trinajstić information content (AvgIpc) is 3.23. The van der Waals surface area contributed by atoms with Gasteiger partial charge in [-0.3, -0.25) is 0 Å². The number of anilines is 2. The summed E-state index contributed by atoms with van der Waals surface area (Å²) in [4.78, 5) is 11.8. The molecule has 0 saturated carbocycles. The number of pyridine rings is 1. The molecule has 5 rings (SSSR count). The molecule has 2 N–H and O–H groups in total. The summed E-state index contributed by atoms with van der Waals surface area (Å²) in [5.74, 6) is 2.38. The lowest BCUT2D eigenvalue weighted by atomic mass is 9.92. The molecule has 2 aliphatic heterocycles. The maximum atomic E-state index is 5.55. The second-order valence-electron chi connectivity index (χ2n) is 9.13. The average molecular weight is 422 g/mol. The van der Waals surface area contributed by atoms with E-state index in [1.807, 2.05) is 10.7 Å². The molecule has 8 heteroatoms. The van der Waals surface area contributed by atoms with Crippen molar-refractivity contribution in [2.75, 3.05) is 43.1 Å². The van der Waals surface area contributed by atoms with Crippen LogP contribution in [-0.4, -0.2) is 58.0 Å². The minimum atomic E-state index is 0.0936. The summed E-state index contributed by atoms with van der Waals surface area (Å²) in [6.07, 6.45) is 5.71. The summed E-state index contributed by atoms with van der Waals surface area (Å²) in [5, 5.41) is 11.5. The van der Waals surface area contributed by atoms with Gasteiger partial charge < -0.3 is 20.3 Å². The van der Waals surface area contributed by atoms with Crippen molar-refractivity contribution in [2.24, 2.45) is 0 Å². The lowest BCUT2D eigenvalue weighted by Crippen LogP contribution is -2.57. The van der Waals surface area contributed by atoms with Crippen LogP contribution in [0.15, 0.2) is 36.8 Å². The Morgan fingerprint density at radius 3 is 2.94 bits per heavy atom. The summed E-state index contributed by atoms with van der Waals surface area (Å²) in [6, 6.07) is 8.44. The van der Waals surface area contributed by atoms with Crippen LogP contribution >= 0.6 is 0 Å². The highest BCUT2D eigenvalue weighted by Gasteiger charge is 2.26. The fraction of sp³-hybridized carbons (Fsp3) is 0.522. The predicted molar refractivity (Wildman–Crippen MR) is 122 cm³/mol. The lowest BCUT2D eigenvalue weighted by molar-refractivity contribution is 0.0856. The SMILES string of the molecule is CC1(C)CN(c2cccc(CNc3ncnn4ccc(C5CCOCC5)c34)n2)CCN1. The van der Waals surface area contributed by atoms with Gasteiger partial charge in [0.1, 0.15) is 17.7 Å². The van der Waals surface area contributed by atoms with Gasteiger partial charge in [0.15, 0.2) is 5.82 Å². The fourth-order valence-electron chi connectivity index (χ4n) is 4.70. The van der Waals surface area contributed by atoms with Gasteiger partial charge in [0.25, 0.3) is 0 Å². The smallest absolute Gasteiger partial charge is 0.154 e. The van der Waals surface area contributed by atoms with Crippen LogP contribution in [0.2, 0.25) is 0 Å². The number of fused-ring (bicyclic) bond motifs is 1.